The van der Waals surface area contributed by atoms with Gasteiger partial charge in [0, 0.05) is 12.1 Å². The first-order chi connectivity index (χ1) is 8.80. The van der Waals surface area contributed by atoms with Crippen LogP contribution in [-0.4, -0.2) is 6.04 Å². The molecule has 1 heteroatoms. The van der Waals surface area contributed by atoms with Crippen molar-refractivity contribution in [2.45, 2.75) is 64.0 Å². The van der Waals surface area contributed by atoms with Gasteiger partial charge in [-0.3, -0.25) is 0 Å². The lowest BCUT2D eigenvalue weighted by molar-refractivity contribution is 0.0174. The van der Waals surface area contributed by atoms with Gasteiger partial charge in [-0.15, -0.1) is 0 Å². The van der Waals surface area contributed by atoms with E-state index in [9.17, 15) is 0 Å². The summed E-state index contributed by atoms with van der Waals surface area (Å²) in [6.45, 7) is 2.31. The highest BCUT2D eigenvalue weighted by Crippen LogP contribution is 2.52. The van der Waals surface area contributed by atoms with E-state index >= 15 is 0 Å². The molecule has 0 radical (unpaired) electrons. The fraction of sp³-hybridized carbons (Fsp3) is 0.647. The Morgan fingerprint density at radius 1 is 1.06 bits per heavy atom. The van der Waals surface area contributed by atoms with Crippen molar-refractivity contribution in [1.82, 2.24) is 5.32 Å². The smallest absolute Gasteiger partial charge is 0.0294 e. The first-order valence-corrected chi connectivity index (χ1v) is 7.61. The zero-order valence-corrected chi connectivity index (χ0v) is 11.5. The molecule has 1 nitrogen and oxygen atoms in total. The topological polar surface area (TPSA) is 12.0 Å². The normalized spacial score (nSPS) is 27.7. The molecule has 1 aromatic carbocycles. The number of hydrogen-bond acceptors (Lipinski definition) is 1. The maximum atomic E-state index is 3.89. The Labute approximate surface area is 111 Å². The molecule has 2 aliphatic carbocycles. The van der Waals surface area contributed by atoms with Crippen molar-refractivity contribution in [3.05, 3.63) is 35.9 Å². The molecule has 2 atom stereocenters. The molecule has 98 valence electrons. The quantitative estimate of drug-likeness (QED) is 0.827. The highest BCUT2D eigenvalue weighted by Gasteiger charge is 2.46. The maximum absolute atomic E-state index is 3.89. The Hall–Kier alpha value is -0.820. The molecule has 0 amide bonds. The van der Waals surface area contributed by atoms with E-state index < -0.39 is 0 Å². The molecule has 1 unspecified atom stereocenters. The molecule has 18 heavy (non-hydrogen) atoms. The van der Waals surface area contributed by atoms with Crippen LogP contribution >= 0.6 is 0 Å². The first kappa shape index (κ1) is 12.2. The summed E-state index contributed by atoms with van der Waals surface area (Å²) in [5.41, 5.74) is 2.09. The highest BCUT2D eigenvalue weighted by atomic mass is 15.0. The second kappa shape index (κ2) is 5.05. The molecule has 0 heterocycles. The number of nitrogens with one attached hydrogen (secondary N) is 1. The molecule has 1 N–H and O–H groups in total. The van der Waals surface area contributed by atoms with Gasteiger partial charge in [-0.25, -0.2) is 0 Å². The maximum Gasteiger partial charge on any atom is 0.0294 e. The van der Waals surface area contributed by atoms with Crippen LogP contribution in [0.3, 0.4) is 0 Å². The van der Waals surface area contributed by atoms with E-state index in [4.69, 9.17) is 0 Å². The molecule has 2 saturated carbocycles. The third-order valence-corrected chi connectivity index (χ3v) is 5.27. The van der Waals surface area contributed by atoms with Crippen LogP contribution in [0.1, 0.15) is 63.5 Å². The Bertz CT molecular complexity index is 378. The van der Waals surface area contributed by atoms with E-state index in [1.807, 2.05) is 0 Å². The predicted octanol–water partition coefficient (Wildman–Crippen LogP) is 4.45. The van der Waals surface area contributed by atoms with Crippen LogP contribution in [-0.2, 0) is 0 Å². The molecule has 0 saturated heterocycles. The van der Waals surface area contributed by atoms with E-state index in [-0.39, 0.29) is 0 Å². The molecule has 1 spiro atoms. The van der Waals surface area contributed by atoms with Gasteiger partial charge in [0.05, 0.1) is 0 Å². The lowest BCUT2D eigenvalue weighted by atomic mass is 9.57. The van der Waals surface area contributed by atoms with Crippen LogP contribution in [0.25, 0.3) is 0 Å². The summed E-state index contributed by atoms with van der Waals surface area (Å²) >= 11 is 0. The average molecular weight is 243 g/mol. The SMILES string of the molecule is C[C@@H](NC1CCC12CCCCC2)c1ccccc1. The summed E-state index contributed by atoms with van der Waals surface area (Å²) in [6, 6.07) is 12.1. The van der Waals surface area contributed by atoms with E-state index in [1.165, 1.54) is 50.5 Å². The van der Waals surface area contributed by atoms with Gasteiger partial charge in [-0.2, -0.15) is 0 Å². The Morgan fingerprint density at radius 3 is 2.39 bits per heavy atom. The molecule has 0 bridgehead atoms. The van der Waals surface area contributed by atoms with Gasteiger partial charge >= 0.3 is 0 Å². The molecule has 0 aromatic heterocycles. The van der Waals surface area contributed by atoms with Crippen molar-refractivity contribution in [2.24, 2.45) is 5.41 Å². The van der Waals surface area contributed by atoms with Crippen LogP contribution < -0.4 is 5.32 Å². The monoisotopic (exact) mass is 243 g/mol. The summed E-state index contributed by atoms with van der Waals surface area (Å²) < 4.78 is 0. The third-order valence-electron chi connectivity index (χ3n) is 5.27. The Balaban J connectivity index is 1.63. The Kier molecular flexibility index (Phi) is 3.43. The summed E-state index contributed by atoms with van der Waals surface area (Å²) in [6.07, 6.45) is 10.2. The van der Waals surface area contributed by atoms with Crippen LogP contribution in [0.2, 0.25) is 0 Å². The molecule has 2 aliphatic rings. The minimum absolute atomic E-state index is 0.496. The zero-order valence-electron chi connectivity index (χ0n) is 11.5. The van der Waals surface area contributed by atoms with Gasteiger partial charge in [-0.05, 0) is 43.6 Å². The summed E-state index contributed by atoms with van der Waals surface area (Å²) in [7, 11) is 0. The number of hydrogen-bond donors (Lipinski definition) is 1. The van der Waals surface area contributed by atoms with Crippen molar-refractivity contribution in [2.75, 3.05) is 0 Å². The number of benzene rings is 1. The molecule has 0 aliphatic heterocycles. The van der Waals surface area contributed by atoms with Gasteiger partial charge in [-0.1, -0.05) is 49.6 Å². The molecular weight excluding hydrogens is 218 g/mol. The van der Waals surface area contributed by atoms with Crippen molar-refractivity contribution in [3.8, 4) is 0 Å². The van der Waals surface area contributed by atoms with Crippen molar-refractivity contribution in [1.29, 1.82) is 0 Å². The third kappa shape index (κ3) is 2.21. The Morgan fingerprint density at radius 2 is 1.78 bits per heavy atom. The lowest BCUT2D eigenvalue weighted by Gasteiger charge is -2.53. The molecule has 1 aromatic rings. The molecular formula is C17H25N. The highest BCUT2D eigenvalue weighted by molar-refractivity contribution is 5.19. The lowest BCUT2D eigenvalue weighted by Crippen LogP contribution is -2.54. The first-order valence-electron chi connectivity index (χ1n) is 7.61. The van der Waals surface area contributed by atoms with E-state index in [0.717, 1.165) is 6.04 Å². The fourth-order valence-corrected chi connectivity index (χ4v) is 3.95. The van der Waals surface area contributed by atoms with E-state index in [1.54, 1.807) is 0 Å². The van der Waals surface area contributed by atoms with Crippen LogP contribution in [0, 0.1) is 5.41 Å². The second-order valence-electron chi connectivity index (χ2n) is 6.31. The van der Waals surface area contributed by atoms with Gasteiger partial charge in [0.1, 0.15) is 0 Å². The zero-order chi connectivity index (χ0) is 12.4. The largest absolute Gasteiger partial charge is 0.307 e. The second-order valence-corrected chi connectivity index (χ2v) is 6.31. The minimum atomic E-state index is 0.496. The van der Waals surface area contributed by atoms with Crippen molar-refractivity contribution in [3.63, 3.8) is 0 Å². The van der Waals surface area contributed by atoms with Gasteiger partial charge in [0.2, 0.25) is 0 Å². The van der Waals surface area contributed by atoms with Crippen LogP contribution in [0.5, 0.6) is 0 Å². The summed E-state index contributed by atoms with van der Waals surface area (Å²) in [5, 5.41) is 3.89. The summed E-state index contributed by atoms with van der Waals surface area (Å²) in [4.78, 5) is 0. The predicted molar refractivity (Wildman–Crippen MR) is 76.5 cm³/mol. The van der Waals surface area contributed by atoms with Gasteiger partial charge in [0.15, 0.2) is 0 Å². The fourth-order valence-electron chi connectivity index (χ4n) is 3.95. The van der Waals surface area contributed by atoms with Crippen LogP contribution in [0.15, 0.2) is 30.3 Å². The average Bonchev–Trinajstić information content (AvgIpc) is 2.45. The minimum Gasteiger partial charge on any atom is -0.307 e. The molecule has 3 rings (SSSR count). The van der Waals surface area contributed by atoms with E-state index in [0.29, 0.717) is 11.5 Å². The van der Waals surface area contributed by atoms with Crippen molar-refractivity contribution >= 4 is 0 Å². The van der Waals surface area contributed by atoms with Crippen molar-refractivity contribution < 1.29 is 0 Å². The van der Waals surface area contributed by atoms with Gasteiger partial charge in [0.25, 0.3) is 0 Å². The molecule has 2 fully saturated rings. The van der Waals surface area contributed by atoms with E-state index in [2.05, 4.69) is 42.6 Å². The summed E-state index contributed by atoms with van der Waals surface area (Å²) in [5.74, 6) is 0. The van der Waals surface area contributed by atoms with Gasteiger partial charge < -0.3 is 5.32 Å². The van der Waals surface area contributed by atoms with Crippen LogP contribution in [0.4, 0.5) is 0 Å². The number of rotatable bonds is 3. The standard InChI is InChI=1S/C17H25N/c1-14(15-8-4-2-5-9-15)18-16-10-13-17(16)11-6-3-7-12-17/h2,4-5,8-9,14,16,18H,3,6-7,10-13H2,1H3/t14-,16?/m1/s1.